The van der Waals surface area contributed by atoms with Crippen LogP contribution in [0.4, 0.5) is 0 Å². The summed E-state index contributed by atoms with van der Waals surface area (Å²) in [6.45, 7) is 0.236. The maximum atomic E-state index is 9.39. The van der Waals surface area contributed by atoms with Crippen molar-refractivity contribution in [2.24, 2.45) is 0 Å². The molecule has 0 saturated heterocycles. The van der Waals surface area contributed by atoms with Crippen LogP contribution in [-0.2, 0) is 6.42 Å². The molecule has 26 heavy (non-hydrogen) atoms. The van der Waals surface area contributed by atoms with Crippen molar-refractivity contribution in [3.8, 4) is 40.1 Å². The molecule has 4 aromatic rings. The average Bonchev–Trinajstić information content (AvgIpc) is 3.38. The van der Waals surface area contributed by atoms with E-state index in [9.17, 15) is 5.26 Å². The van der Waals surface area contributed by atoms with Gasteiger partial charge < -0.3 is 9.47 Å². The van der Waals surface area contributed by atoms with Crippen LogP contribution < -0.4 is 9.47 Å². The monoisotopic (exact) mass is 359 g/mol. The Morgan fingerprint density at radius 3 is 2.77 bits per heavy atom. The molecular weight excluding hydrogens is 346 g/mol. The lowest BCUT2D eigenvalue weighted by atomic mass is 10.1. The Labute approximate surface area is 153 Å². The highest BCUT2D eigenvalue weighted by atomic mass is 32.1. The highest BCUT2D eigenvalue weighted by Crippen LogP contribution is 2.38. The third kappa shape index (κ3) is 2.25. The van der Waals surface area contributed by atoms with Gasteiger partial charge in [0.25, 0.3) is 0 Å². The number of hydrogen-bond donors (Lipinski definition) is 0. The fourth-order valence-corrected chi connectivity index (χ4v) is 4.16. The van der Waals surface area contributed by atoms with E-state index < -0.39 is 0 Å². The molecule has 0 bridgehead atoms. The van der Waals surface area contributed by atoms with Gasteiger partial charge in [0.15, 0.2) is 16.5 Å². The Hall–Kier alpha value is -3.30. The van der Waals surface area contributed by atoms with E-state index in [1.807, 2.05) is 36.4 Å². The number of rotatable bonds is 3. The highest BCUT2D eigenvalue weighted by Gasteiger charge is 2.21. The van der Waals surface area contributed by atoms with Gasteiger partial charge in [0.05, 0.1) is 29.6 Å². The van der Waals surface area contributed by atoms with E-state index in [2.05, 4.69) is 28.0 Å². The van der Waals surface area contributed by atoms with Gasteiger partial charge >= 0.3 is 0 Å². The van der Waals surface area contributed by atoms with Crippen LogP contribution in [-0.4, -0.2) is 16.2 Å². The van der Waals surface area contributed by atoms with E-state index in [4.69, 9.17) is 14.5 Å². The van der Waals surface area contributed by atoms with Gasteiger partial charge in [0.2, 0.25) is 6.79 Å². The molecule has 0 unspecified atom stereocenters. The van der Waals surface area contributed by atoms with Crippen molar-refractivity contribution in [2.45, 2.75) is 6.42 Å². The van der Waals surface area contributed by atoms with Crippen molar-refractivity contribution in [1.29, 1.82) is 5.26 Å². The lowest BCUT2D eigenvalue weighted by Crippen LogP contribution is -1.95. The third-order valence-electron chi connectivity index (χ3n) is 4.42. The highest BCUT2D eigenvalue weighted by molar-refractivity contribution is 7.15. The molecule has 0 spiro atoms. The van der Waals surface area contributed by atoms with E-state index in [1.54, 1.807) is 11.3 Å². The summed E-state index contributed by atoms with van der Waals surface area (Å²) in [5.74, 6) is 1.45. The van der Waals surface area contributed by atoms with Crippen LogP contribution in [0.5, 0.6) is 11.5 Å². The number of ether oxygens (including phenoxy) is 2. The van der Waals surface area contributed by atoms with Gasteiger partial charge in [0.1, 0.15) is 0 Å². The normalized spacial score (nSPS) is 12.4. The molecule has 2 aromatic carbocycles. The maximum absolute atomic E-state index is 9.39. The topological polar surface area (TPSA) is 59.5 Å². The first-order valence-electron chi connectivity index (χ1n) is 8.16. The van der Waals surface area contributed by atoms with E-state index in [0.717, 1.165) is 38.9 Å². The molecule has 126 valence electrons. The van der Waals surface area contributed by atoms with E-state index in [1.165, 1.54) is 0 Å². The molecule has 5 nitrogen and oxygen atoms in total. The number of imidazole rings is 1. The first kappa shape index (κ1) is 15.0. The molecule has 6 heteroatoms. The van der Waals surface area contributed by atoms with Crippen molar-refractivity contribution in [2.75, 3.05) is 6.79 Å². The lowest BCUT2D eigenvalue weighted by Gasteiger charge is -2.05. The van der Waals surface area contributed by atoms with Crippen molar-refractivity contribution in [3.05, 3.63) is 59.6 Å². The van der Waals surface area contributed by atoms with Crippen LogP contribution in [0, 0.1) is 11.3 Å². The van der Waals surface area contributed by atoms with Crippen molar-refractivity contribution >= 4 is 16.3 Å². The standard InChI is InChI=1S/C20H13N3O2S/c21-9-8-15-19(14-6-7-17-18(10-14)25-12-24-17)22-20-23(15)16(11-26-20)13-4-2-1-3-5-13/h1-7,10-11H,8,12H2. The predicted molar refractivity (Wildman–Crippen MR) is 99.4 cm³/mol. The van der Waals surface area contributed by atoms with E-state index in [0.29, 0.717) is 5.75 Å². The Balaban J connectivity index is 1.73. The van der Waals surface area contributed by atoms with Gasteiger partial charge in [-0.25, -0.2) is 4.98 Å². The second-order valence-corrected chi connectivity index (χ2v) is 6.75. The molecule has 1 aliphatic heterocycles. The number of thiazole rings is 1. The quantitative estimate of drug-likeness (QED) is 0.539. The van der Waals surface area contributed by atoms with Crippen LogP contribution >= 0.6 is 11.3 Å². The van der Waals surface area contributed by atoms with Crippen molar-refractivity contribution < 1.29 is 9.47 Å². The van der Waals surface area contributed by atoms with Crippen LogP contribution in [0.3, 0.4) is 0 Å². The Kier molecular flexibility index (Phi) is 3.40. The largest absolute Gasteiger partial charge is 0.454 e. The molecule has 0 saturated carbocycles. The van der Waals surface area contributed by atoms with Crippen LogP contribution in [0.2, 0.25) is 0 Å². The Bertz CT molecular complexity index is 1160. The van der Waals surface area contributed by atoms with Gasteiger partial charge in [-0.1, -0.05) is 30.3 Å². The SMILES string of the molecule is N#CCc1c(-c2ccc3c(c2)OCO3)nc2scc(-c3ccccc3)n12. The zero-order valence-electron chi connectivity index (χ0n) is 13.7. The van der Waals surface area contributed by atoms with Crippen molar-refractivity contribution in [3.63, 3.8) is 0 Å². The molecule has 0 fully saturated rings. The summed E-state index contributed by atoms with van der Waals surface area (Å²) in [6, 6.07) is 18.2. The minimum Gasteiger partial charge on any atom is -0.454 e. The number of aromatic nitrogens is 2. The zero-order chi connectivity index (χ0) is 17.5. The molecular formula is C20H13N3O2S. The summed E-state index contributed by atoms with van der Waals surface area (Å²) in [7, 11) is 0. The number of hydrogen-bond acceptors (Lipinski definition) is 5. The smallest absolute Gasteiger partial charge is 0.231 e. The summed E-state index contributed by atoms with van der Waals surface area (Å²) in [5, 5.41) is 11.5. The van der Waals surface area contributed by atoms with Crippen LogP contribution in [0.1, 0.15) is 5.69 Å². The predicted octanol–water partition coefficient (Wildman–Crippen LogP) is 4.52. The fourth-order valence-electron chi connectivity index (χ4n) is 3.24. The molecule has 2 aromatic heterocycles. The molecule has 0 radical (unpaired) electrons. The van der Waals surface area contributed by atoms with Gasteiger partial charge in [-0.2, -0.15) is 5.26 Å². The molecule has 5 rings (SSSR count). The van der Waals surface area contributed by atoms with Gasteiger partial charge in [-0.05, 0) is 23.8 Å². The number of nitrogens with zero attached hydrogens (tertiary/aromatic N) is 3. The summed E-state index contributed by atoms with van der Waals surface area (Å²) >= 11 is 1.58. The summed E-state index contributed by atoms with van der Waals surface area (Å²) < 4.78 is 13.0. The van der Waals surface area contributed by atoms with Gasteiger partial charge in [-0.3, -0.25) is 4.40 Å². The molecule has 0 N–H and O–H groups in total. The zero-order valence-corrected chi connectivity index (χ0v) is 14.5. The van der Waals surface area contributed by atoms with Gasteiger partial charge in [0, 0.05) is 10.9 Å². The molecule has 0 atom stereocenters. The fraction of sp³-hybridized carbons (Fsp3) is 0.100. The summed E-state index contributed by atoms with van der Waals surface area (Å²) in [4.78, 5) is 5.68. The number of benzene rings is 2. The van der Waals surface area contributed by atoms with E-state index >= 15 is 0 Å². The Morgan fingerprint density at radius 2 is 1.92 bits per heavy atom. The number of nitriles is 1. The van der Waals surface area contributed by atoms with Crippen molar-refractivity contribution in [1.82, 2.24) is 9.38 Å². The minimum atomic E-state index is 0.236. The van der Waals surface area contributed by atoms with Gasteiger partial charge in [-0.15, -0.1) is 11.3 Å². The number of fused-ring (bicyclic) bond motifs is 2. The van der Waals surface area contributed by atoms with Crippen LogP contribution in [0.25, 0.3) is 27.5 Å². The first-order valence-corrected chi connectivity index (χ1v) is 9.04. The lowest BCUT2D eigenvalue weighted by molar-refractivity contribution is 0.174. The second kappa shape index (κ2) is 5.90. The first-order chi connectivity index (χ1) is 12.8. The Morgan fingerprint density at radius 1 is 1.08 bits per heavy atom. The molecule has 0 aliphatic carbocycles. The maximum Gasteiger partial charge on any atom is 0.231 e. The second-order valence-electron chi connectivity index (χ2n) is 5.91. The average molecular weight is 359 g/mol. The molecule has 0 amide bonds. The molecule has 1 aliphatic rings. The summed E-state index contributed by atoms with van der Waals surface area (Å²) in [6.07, 6.45) is 0.279. The van der Waals surface area contributed by atoms with E-state index in [-0.39, 0.29) is 13.2 Å². The third-order valence-corrected chi connectivity index (χ3v) is 5.25. The van der Waals surface area contributed by atoms with Crippen LogP contribution in [0.15, 0.2) is 53.9 Å². The summed E-state index contributed by atoms with van der Waals surface area (Å²) in [5.41, 5.74) is 4.78. The molecule has 3 heterocycles. The minimum absolute atomic E-state index is 0.236.